The van der Waals surface area contributed by atoms with E-state index in [4.69, 9.17) is 9.47 Å². The lowest BCUT2D eigenvalue weighted by Crippen LogP contribution is -2.36. The van der Waals surface area contributed by atoms with Crippen LogP contribution in [0.1, 0.15) is 26.9 Å². The summed E-state index contributed by atoms with van der Waals surface area (Å²) in [6.07, 6.45) is -0.0870. The molecule has 4 rings (SSSR count). The predicted octanol–water partition coefficient (Wildman–Crippen LogP) is 4.36. The molecule has 5 nitrogen and oxygen atoms in total. The molecule has 1 amide bonds. The molecule has 0 aliphatic carbocycles. The maximum Gasteiger partial charge on any atom is 0.264 e. The largest absolute Gasteiger partial charge is 0.492 e. The average Bonchev–Trinajstić information content (AvgIpc) is 3.14. The number of ether oxygens (including phenoxy) is 2. The number of hydrogen-bond acceptors (Lipinski definition) is 5. The number of nitrogens with zero attached hydrogens (tertiary/aromatic N) is 2. The summed E-state index contributed by atoms with van der Waals surface area (Å²) in [5.74, 6) is 0.846. The van der Waals surface area contributed by atoms with Gasteiger partial charge in [-0.1, -0.05) is 35.9 Å². The van der Waals surface area contributed by atoms with Crippen molar-refractivity contribution >= 4 is 27.3 Å². The van der Waals surface area contributed by atoms with Crippen molar-refractivity contribution in [2.75, 3.05) is 46.9 Å². The Balaban J connectivity index is 1.51. The first-order valence-corrected chi connectivity index (χ1v) is 11.1. The van der Waals surface area contributed by atoms with Crippen LogP contribution in [0.15, 0.2) is 48.5 Å². The van der Waals surface area contributed by atoms with E-state index in [2.05, 4.69) is 24.1 Å². The van der Waals surface area contributed by atoms with Gasteiger partial charge in [-0.15, -0.1) is 11.3 Å². The Bertz CT molecular complexity index is 1010. The van der Waals surface area contributed by atoms with Gasteiger partial charge in [0.1, 0.15) is 12.4 Å². The molecule has 158 valence electrons. The summed E-state index contributed by atoms with van der Waals surface area (Å²) in [5.41, 5.74) is 2.22. The van der Waals surface area contributed by atoms with Crippen LogP contribution in [0.25, 0.3) is 10.1 Å². The lowest BCUT2D eigenvalue weighted by atomic mass is 10.0. The zero-order valence-corrected chi connectivity index (χ0v) is 18.6. The number of benzene rings is 2. The highest BCUT2D eigenvalue weighted by Crippen LogP contribution is 2.38. The van der Waals surface area contributed by atoms with Crippen LogP contribution in [0.4, 0.5) is 0 Å². The minimum atomic E-state index is -0.0870. The summed E-state index contributed by atoms with van der Waals surface area (Å²) < 4.78 is 13.0. The molecule has 3 aromatic rings. The lowest BCUT2D eigenvalue weighted by Gasteiger charge is -2.31. The summed E-state index contributed by atoms with van der Waals surface area (Å²) >= 11 is 1.56. The van der Waals surface area contributed by atoms with E-state index in [1.807, 2.05) is 50.4 Å². The van der Waals surface area contributed by atoms with Crippen LogP contribution in [0.3, 0.4) is 0 Å². The summed E-state index contributed by atoms with van der Waals surface area (Å²) in [6.45, 7) is 5.41. The van der Waals surface area contributed by atoms with Crippen LogP contribution in [-0.4, -0.2) is 62.7 Å². The Kier molecular flexibility index (Phi) is 6.37. The molecule has 0 N–H and O–H groups in total. The molecule has 6 heteroatoms. The molecule has 0 radical (unpaired) electrons. The van der Waals surface area contributed by atoms with E-state index < -0.39 is 0 Å². The third kappa shape index (κ3) is 4.51. The number of carbonyl (C=O) groups excluding carboxylic acids is 1. The Morgan fingerprint density at radius 1 is 1.23 bits per heavy atom. The van der Waals surface area contributed by atoms with Crippen molar-refractivity contribution in [3.63, 3.8) is 0 Å². The molecule has 1 atom stereocenters. The first-order chi connectivity index (χ1) is 14.5. The van der Waals surface area contributed by atoms with Gasteiger partial charge < -0.3 is 19.3 Å². The maximum atomic E-state index is 13.4. The molecule has 2 aromatic carbocycles. The van der Waals surface area contributed by atoms with Crippen molar-refractivity contribution in [1.82, 2.24) is 9.80 Å². The highest BCUT2D eigenvalue weighted by molar-refractivity contribution is 7.21. The molecule has 2 heterocycles. The van der Waals surface area contributed by atoms with Crippen molar-refractivity contribution in [3.8, 4) is 5.75 Å². The van der Waals surface area contributed by atoms with E-state index in [0.717, 1.165) is 39.4 Å². The van der Waals surface area contributed by atoms with Gasteiger partial charge in [-0.3, -0.25) is 4.79 Å². The van der Waals surface area contributed by atoms with Crippen LogP contribution >= 0.6 is 11.3 Å². The first kappa shape index (κ1) is 20.8. The second kappa shape index (κ2) is 9.16. The Morgan fingerprint density at radius 2 is 2.00 bits per heavy atom. The van der Waals surface area contributed by atoms with E-state index in [1.54, 1.807) is 16.2 Å². The fraction of sp³-hybridized carbons (Fsp3) is 0.375. The molecule has 1 fully saturated rings. The summed E-state index contributed by atoms with van der Waals surface area (Å²) in [5, 5.41) is 1.12. The van der Waals surface area contributed by atoms with E-state index in [0.29, 0.717) is 19.8 Å². The zero-order valence-electron chi connectivity index (χ0n) is 17.8. The van der Waals surface area contributed by atoms with Crippen molar-refractivity contribution in [3.05, 3.63) is 64.5 Å². The molecular weight excluding hydrogens is 396 g/mol. The number of fused-ring (bicyclic) bond motifs is 1. The maximum absolute atomic E-state index is 13.4. The summed E-state index contributed by atoms with van der Waals surface area (Å²) in [7, 11) is 3.93. The van der Waals surface area contributed by atoms with E-state index in [1.165, 1.54) is 5.56 Å². The number of aryl methyl sites for hydroxylation is 1. The predicted molar refractivity (Wildman–Crippen MR) is 122 cm³/mol. The monoisotopic (exact) mass is 424 g/mol. The molecule has 0 saturated carbocycles. The van der Waals surface area contributed by atoms with Crippen LogP contribution < -0.4 is 4.74 Å². The van der Waals surface area contributed by atoms with Gasteiger partial charge in [-0.2, -0.15) is 0 Å². The van der Waals surface area contributed by atoms with Crippen molar-refractivity contribution in [2.45, 2.75) is 13.0 Å². The SMILES string of the molecule is Cc1ccc(OCCN(C)C(=O)c2sc3ccccc3c2[C@@H]2CN(C)CCO2)cc1. The lowest BCUT2D eigenvalue weighted by molar-refractivity contribution is -0.0203. The molecule has 30 heavy (non-hydrogen) atoms. The standard InChI is InChI=1S/C24H28N2O3S/c1-17-8-10-18(11-9-17)28-15-13-26(3)24(27)23-22(20-16-25(2)12-14-29-20)19-6-4-5-7-21(19)30-23/h4-11,20H,12-16H2,1-3H3/t20-/m0/s1. The fourth-order valence-electron chi connectivity index (χ4n) is 3.71. The van der Waals surface area contributed by atoms with E-state index in [9.17, 15) is 4.79 Å². The average molecular weight is 425 g/mol. The van der Waals surface area contributed by atoms with Gasteiger partial charge in [-0.25, -0.2) is 0 Å². The number of carbonyl (C=O) groups is 1. The van der Waals surface area contributed by atoms with Gasteiger partial charge in [0.15, 0.2) is 0 Å². The van der Waals surface area contributed by atoms with Crippen molar-refractivity contribution in [2.24, 2.45) is 0 Å². The van der Waals surface area contributed by atoms with Gasteiger partial charge in [-0.05, 0) is 37.6 Å². The molecule has 1 aliphatic rings. The third-order valence-electron chi connectivity index (χ3n) is 5.48. The summed E-state index contributed by atoms with van der Waals surface area (Å²) in [6, 6.07) is 16.2. The molecule has 1 aromatic heterocycles. The van der Waals surface area contributed by atoms with Gasteiger partial charge >= 0.3 is 0 Å². The number of morpholine rings is 1. The quantitative estimate of drug-likeness (QED) is 0.590. The first-order valence-electron chi connectivity index (χ1n) is 10.3. The van der Waals surface area contributed by atoms with Gasteiger partial charge in [0.2, 0.25) is 0 Å². The van der Waals surface area contributed by atoms with Gasteiger partial charge in [0.25, 0.3) is 5.91 Å². The van der Waals surface area contributed by atoms with Gasteiger partial charge in [0.05, 0.1) is 24.1 Å². The van der Waals surface area contributed by atoms with Crippen molar-refractivity contribution < 1.29 is 14.3 Å². The zero-order chi connectivity index (χ0) is 21.1. The minimum absolute atomic E-state index is 0.0236. The second-order valence-corrected chi connectivity index (χ2v) is 8.90. The Morgan fingerprint density at radius 3 is 2.77 bits per heavy atom. The fourth-order valence-corrected chi connectivity index (χ4v) is 4.96. The molecule has 0 bridgehead atoms. The van der Waals surface area contributed by atoms with Gasteiger partial charge in [0, 0.05) is 30.4 Å². The molecule has 1 saturated heterocycles. The van der Waals surface area contributed by atoms with Crippen molar-refractivity contribution in [1.29, 1.82) is 0 Å². The molecule has 0 spiro atoms. The van der Waals surface area contributed by atoms with Crippen LogP contribution in [0, 0.1) is 6.92 Å². The number of hydrogen-bond donors (Lipinski definition) is 0. The normalized spacial score (nSPS) is 17.2. The Hall–Kier alpha value is -2.41. The van der Waals surface area contributed by atoms with E-state index >= 15 is 0 Å². The number of thiophene rings is 1. The van der Waals surface area contributed by atoms with Crippen LogP contribution in [0.2, 0.25) is 0 Å². The van der Waals surface area contributed by atoms with E-state index in [-0.39, 0.29) is 12.0 Å². The second-order valence-electron chi connectivity index (χ2n) is 7.85. The number of rotatable bonds is 6. The highest BCUT2D eigenvalue weighted by atomic mass is 32.1. The molecular formula is C24H28N2O3S. The molecule has 1 aliphatic heterocycles. The number of likely N-dealkylation sites (N-methyl/N-ethyl adjacent to an activating group) is 2. The smallest absolute Gasteiger partial charge is 0.264 e. The third-order valence-corrected chi connectivity index (χ3v) is 6.66. The Labute approximate surface area is 181 Å². The molecule has 0 unspecified atom stereocenters. The number of amides is 1. The highest BCUT2D eigenvalue weighted by Gasteiger charge is 2.29. The topological polar surface area (TPSA) is 42.0 Å². The minimum Gasteiger partial charge on any atom is -0.492 e. The van der Waals surface area contributed by atoms with Crippen LogP contribution in [-0.2, 0) is 4.74 Å². The van der Waals surface area contributed by atoms with Crippen LogP contribution in [0.5, 0.6) is 5.75 Å². The summed E-state index contributed by atoms with van der Waals surface area (Å²) in [4.78, 5) is 18.1.